The second-order valence-corrected chi connectivity index (χ2v) is 4.57. The summed E-state index contributed by atoms with van der Waals surface area (Å²) < 4.78 is 0.885. The van der Waals surface area contributed by atoms with Gasteiger partial charge >= 0.3 is 0 Å². The number of aromatic nitrogens is 1. The Bertz CT molecular complexity index is 749. The number of pyridine rings is 1. The van der Waals surface area contributed by atoms with Gasteiger partial charge in [0.2, 0.25) is 0 Å². The van der Waals surface area contributed by atoms with Crippen LogP contribution in [0.1, 0.15) is 0 Å². The van der Waals surface area contributed by atoms with Crippen molar-refractivity contribution in [3.63, 3.8) is 0 Å². The average Bonchev–Trinajstić information content (AvgIpc) is 2.29. The third-order valence-electron chi connectivity index (χ3n) is 2.47. The summed E-state index contributed by atoms with van der Waals surface area (Å²) in [5.41, 5.74) is 6.39. The third-order valence-corrected chi connectivity index (χ3v) is 3.55. The number of hydrogen-bond acceptors (Lipinski definition) is 4. The van der Waals surface area contributed by atoms with E-state index >= 15 is 0 Å². The van der Waals surface area contributed by atoms with Crippen LogP contribution in [0.3, 0.4) is 0 Å². The highest BCUT2D eigenvalue weighted by Crippen LogP contribution is 2.24. The fourth-order valence-electron chi connectivity index (χ4n) is 1.71. The second kappa shape index (κ2) is 3.28. The highest BCUT2D eigenvalue weighted by atomic mass is 32.1. The topological polar surface area (TPSA) is 56.0 Å². The van der Waals surface area contributed by atoms with Crippen molar-refractivity contribution >= 4 is 37.3 Å². The van der Waals surface area contributed by atoms with Gasteiger partial charge in [-0.2, -0.15) is 0 Å². The number of nitrogens with zero attached hydrogens (tertiary/aromatic N) is 1. The van der Waals surface area contributed by atoms with Gasteiger partial charge in [0.25, 0.3) is 0 Å². The van der Waals surface area contributed by atoms with Gasteiger partial charge in [-0.25, -0.2) is 4.98 Å². The summed E-state index contributed by atoms with van der Waals surface area (Å²) in [6.07, 6.45) is 1.69. The molecule has 0 saturated heterocycles. The molecule has 0 atom stereocenters. The maximum atomic E-state index is 12.1. The van der Waals surface area contributed by atoms with E-state index in [9.17, 15) is 4.79 Å². The molecular formula is C12H8N2OS. The van der Waals surface area contributed by atoms with Crippen LogP contribution < -0.4 is 11.2 Å². The van der Waals surface area contributed by atoms with Crippen molar-refractivity contribution < 1.29 is 0 Å². The Morgan fingerprint density at radius 1 is 1.19 bits per heavy atom. The zero-order valence-corrected chi connectivity index (χ0v) is 9.12. The minimum Gasteiger partial charge on any atom is -0.399 e. The van der Waals surface area contributed by atoms with Crippen LogP contribution in [0.4, 0.5) is 5.69 Å². The molecule has 0 fully saturated rings. The van der Waals surface area contributed by atoms with Gasteiger partial charge in [-0.15, -0.1) is 11.3 Å². The Morgan fingerprint density at radius 2 is 2.06 bits per heavy atom. The molecule has 0 spiro atoms. The van der Waals surface area contributed by atoms with Crippen molar-refractivity contribution in [3.05, 3.63) is 46.8 Å². The van der Waals surface area contributed by atoms with Crippen molar-refractivity contribution in [2.75, 3.05) is 5.73 Å². The van der Waals surface area contributed by atoms with Gasteiger partial charge in [0.15, 0.2) is 5.43 Å². The van der Waals surface area contributed by atoms with E-state index in [1.54, 1.807) is 30.5 Å². The predicted molar refractivity (Wildman–Crippen MR) is 67.8 cm³/mol. The minimum atomic E-state index is 0.0249. The molecule has 78 valence electrons. The van der Waals surface area contributed by atoms with E-state index in [0.29, 0.717) is 16.5 Å². The fraction of sp³-hybridized carbons (Fsp3) is 0. The highest BCUT2D eigenvalue weighted by Gasteiger charge is 2.05. The molecule has 4 heteroatoms. The molecule has 0 bridgehead atoms. The van der Waals surface area contributed by atoms with Crippen molar-refractivity contribution in [1.82, 2.24) is 4.98 Å². The van der Waals surface area contributed by atoms with Crippen molar-refractivity contribution in [1.29, 1.82) is 0 Å². The first-order chi connectivity index (χ1) is 7.75. The molecule has 2 N–H and O–H groups in total. The average molecular weight is 228 g/mol. The van der Waals surface area contributed by atoms with Crippen LogP contribution in [0, 0.1) is 0 Å². The molecule has 2 aromatic heterocycles. The lowest BCUT2D eigenvalue weighted by Crippen LogP contribution is -2.01. The molecule has 0 aliphatic rings. The summed E-state index contributed by atoms with van der Waals surface area (Å²) in [5.74, 6) is 0. The molecule has 0 radical (unpaired) electrons. The van der Waals surface area contributed by atoms with Crippen LogP contribution in [0.5, 0.6) is 0 Å². The summed E-state index contributed by atoms with van der Waals surface area (Å²) in [7, 11) is 0. The largest absolute Gasteiger partial charge is 0.399 e. The first kappa shape index (κ1) is 9.30. The maximum absolute atomic E-state index is 12.1. The number of rotatable bonds is 0. The third kappa shape index (κ3) is 1.27. The lowest BCUT2D eigenvalue weighted by atomic mass is 10.2. The molecule has 0 saturated carbocycles. The van der Waals surface area contributed by atoms with Gasteiger partial charge in [0.1, 0.15) is 4.83 Å². The summed E-state index contributed by atoms with van der Waals surface area (Å²) >= 11 is 1.49. The molecule has 0 unspecified atom stereocenters. The molecule has 3 rings (SSSR count). The van der Waals surface area contributed by atoms with E-state index < -0.39 is 0 Å². The molecule has 3 nitrogen and oxygen atoms in total. The fourth-order valence-corrected chi connectivity index (χ4v) is 2.76. The molecule has 0 aliphatic carbocycles. The van der Waals surface area contributed by atoms with Crippen molar-refractivity contribution in [3.8, 4) is 0 Å². The lowest BCUT2D eigenvalue weighted by molar-refractivity contribution is 1.44. The summed E-state index contributed by atoms with van der Waals surface area (Å²) in [4.78, 5) is 17.1. The summed E-state index contributed by atoms with van der Waals surface area (Å²) in [6, 6.07) is 8.92. The van der Waals surface area contributed by atoms with Crippen molar-refractivity contribution in [2.24, 2.45) is 0 Å². The molecule has 16 heavy (non-hydrogen) atoms. The Balaban J connectivity index is 2.61. The maximum Gasteiger partial charge on any atom is 0.197 e. The standard InChI is InChI=1S/C12H8N2OS/c13-7-3-4-8-10(6-7)16-12-9(11(8)15)2-1-5-14-12/h1-6H,13H2. The second-order valence-electron chi connectivity index (χ2n) is 3.54. The monoisotopic (exact) mass is 228 g/mol. The van der Waals surface area contributed by atoms with E-state index in [4.69, 9.17) is 5.73 Å². The van der Waals surface area contributed by atoms with Gasteiger partial charge in [0.05, 0.1) is 5.39 Å². The van der Waals surface area contributed by atoms with E-state index in [0.717, 1.165) is 9.53 Å². The molecule has 1 aromatic carbocycles. The van der Waals surface area contributed by atoms with Crippen LogP contribution in [-0.2, 0) is 0 Å². The van der Waals surface area contributed by atoms with Crippen LogP contribution in [-0.4, -0.2) is 4.98 Å². The smallest absolute Gasteiger partial charge is 0.197 e. The Labute approximate surface area is 95.2 Å². The van der Waals surface area contributed by atoms with Gasteiger partial charge in [-0.3, -0.25) is 4.79 Å². The van der Waals surface area contributed by atoms with E-state index in [-0.39, 0.29) is 5.43 Å². The minimum absolute atomic E-state index is 0.0249. The summed E-state index contributed by atoms with van der Waals surface area (Å²) in [6.45, 7) is 0. The Kier molecular flexibility index (Phi) is 1.91. The van der Waals surface area contributed by atoms with Crippen LogP contribution in [0.15, 0.2) is 41.3 Å². The number of anilines is 1. The van der Waals surface area contributed by atoms with Crippen LogP contribution in [0.25, 0.3) is 20.3 Å². The van der Waals surface area contributed by atoms with Gasteiger partial charge < -0.3 is 5.73 Å². The molecule has 3 aromatic rings. The van der Waals surface area contributed by atoms with Gasteiger partial charge in [-0.05, 0) is 30.3 Å². The number of benzene rings is 1. The SMILES string of the molecule is Nc1ccc2c(=O)c3cccnc3sc2c1. The van der Waals surface area contributed by atoms with Crippen LogP contribution in [0.2, 0.25) is 0 Å². The zero-order chi connectivity index (χ0) is 11.1. The van der Waals surface area contributed by atoms with E-state index in [2.05, 4.69) is 4.98 Å². The molecule has 0 amide bonds. The van der Waals surface area contributed by atoms with E-state index in [1.807, 2.05) is 6.07 Å². The molecule has 2 heterocycles. The first-order valence-electron chi connectivity index (χ1n) is 4.83. The van der Waals surface area contributed by atoms with Crippen molar-refractivity contribution in [2.45, 2.75) is 0 Å². The molecular weight excluding hydrogens is 220 g/mol. The number of fused-ring (bicyclic) bond motifs is 2. The van der Waals surface area contributed by atoms with Gasteiger partial charge in [0, 0.05) is 22.0 Å². The number of nitrogen functional groups attached to an aromatic ring is 1. The van der Waals surface area contributed by atoms with E-state index in [1.165, 1.54) is 11.3 Å². The van der Waals surface area contributed by atoms with Gasteiger partial charge in [-0.1, -0.05) is 0 Å². The normalized spacial score (nSPS) is 11.0. The first-order valence-corrected chi connectivity index (χ1v) is 5.64. The molecule has 0 aliphatic heterocycles. The van der Waals surface area contributed by atoms with Crippen LogP contribution >= 0.6 is 11.3 Å². The number of hydrogen-bond donors (Lipinski definition) is 1. The Morgan fingerprint density at radius 3 is 2.94 bits per heavy atom. The number of nitrogens with two attached hydrogens (primary N) is 1. The highest BCUT2D eigenvalue weighted by molar-refractivity contribution is 7.24. The zero-order valence-electron chi connectivity index (χ0n) is 8.31. The quantitative estimate of drug-likeness (QED) is 0.475. The predicted octanol–water partition coefficient (Wildman–Crippen LogP) is 2.39. The summed E-state index contributed by atoms with van der Waals surface area (Å²) in [5, 5.41) is 1.38. The Hall–Kier alpha value is -1.94. The lowest BCUT2D eigenvalue weighted by Gasteiger charge is -2.00.